The maximum absolute atomic E-state index is 12.0. The Hall–Kier alpha value is -0.670. The lowest BCUT2D eigenvalue weighted by Gasteiger charge is -2.17. The fourth-order valence-electron chi connectivity index (χ4n) is 1.23. The molecule has 1 rings (SSSR count). The van der Waals surface area contributed by atoms with E-state index in [1.165, 1.54) is 25.1 Å². The fourth-order valence-corrected chi connectivity index (χ4v) is 3.17. The van der Waals surface area contributed by atoms with Crippen LogP contribution in [0.1, 0.15) is 6.92 Å². The van der Waals surface area contributed by atoms with E-state index in [2.05, 4.69) is 15.9 Å². The maximum Gasteiger partial charge on any atom is 0.324 e. The summed E-state index contributed by atoms with van der Waals surface area (Å²) in [6.07, 6.45) is -1.37. The molecule has 2 unspecified atom stereocenters. The standard InChI is InChI=1S/C10H11BrClNO5S/c1-5(14)9(10(15)16)13-19(17,18)6-2-3-8(12)7(11)4-6/h2-5,9,13-14H,1H3,(H,15,16). The third-order valence-corrected chi connectivity index (χ3v) is 4.88. The highest BCUT2D eigenvalue weighted by Crippen LogP contribution is 2.25. The zero-order valence-electron chi connectivity index (χ0n) is 9.67. The van der Waals surface area contributed by atoms with E-state index in [0.717, 1.165) is 0 Å². The second-order valence-electron chi connectivity index (χ2n) is 3.75. The Balaban J connectivity index is 3.10. The third kappa shape index (κ3) is 4.15. The van der Waals surface area contributed by atoms with Gasteiger partial charge in [0, 0.05) is 4.47 Å². The van der Waals surface area contributed by atoms with Gasteiger partial charge in [0.1, 0.15) is 6.04 Å². The second-order valence-corrected chi connectivity index (χ2v) is 6.73. The van der Waals surface area contributed by atoms with Gasteiger partial charge in [0.2, 0.25) is 10.0 Å². The van der Waals surface area contributed by atoms with Gasteiger partial charge in [-0.15, -0.1) is 0 Å². The molecule has 19 heavy (non-hydrogen) atoms. The number of carbonyl (C=O) groups is 1. The van der Waals surface area contributed by atoms with Crippen LogP contribution in [0.2, 0.25) is 5.02 Å². The first kappa shape index (κ1) is 16.4. The number of carboxylic acid groups (broad SMARTS) is 1. The van der Waals surface area contributed by atoms with Crippen LogP contribution in [0.3, 0.4) is 0 Å². The highest BCUT2D eigenvalue weighted by Gasteiger charge is 2.29. The quantitative estimate of drug-likeness (QED) is 0.721. The molecule has 0 radical (unpaired) electrons. The predicted molar refractivity (Wildman–Crippen MR) is 72.6 cm³/mol. The van der Waals surface area contributed by atoms with E-state index in [0.29, 0.717) is 9.50 Å². The smallest absolute Gasteiger partial charge is 0.324 e. The van der Waals surface area contributed by atoms with Gasteiger partial charge >= 0.3 is 5.97 Å². The first-order valence-corrected chi connectivity index (χ1v) is 7.69. The van der Waals surface area contributed by atoms with Gasteiger partial charge in [-0.05, 0) is 41.1 Å². The molecule has 0 fully saturated rings. The molecule has 2 atom stereocenters. The second kappa shape index (κ2) is 6.19. The lowest BCUT2D eigenvalue weighted by Crippen LogP contribution is -2.47. The number of aliphatic hydroxyl groups is 1. The van der Waals surface area contributed by atoms with Crippen LogP contribution in [0.5, 0.6) is 0 Å². The number of carboxylic acids is 1. The summed E-state index contributed by atoms with van der Waals surface area (Å²) in [5.74, 6) is -1.47. The van der Waals surface area contributed by atoms with Crippen LogP contribution >= 0.6 is 27.5 Å². The Morgan fingerprint density at radius 3 is 2.47 bits per heavy atom. The van der Waals surface area contributed by atoms with Gasteiger partial charge in [0.15, 0.2) is 0 Å². The molecule has 0 bridgehead atoms. The molecule has 0 aliphatic rings. The summed E-state index contributed by atoms with van der Waals surface area (Å²) in [5.41, 5.74) is 0. The summed E-state index contributed by atoms with van der Waals surface area (Å²) in [4.78, 5) is 10.7. The van der Waals surface area contributed by atoms with Crippen molar-refractivity contribution in [3.63, 3.8) is 0 Å². The molecule has 106 valence electrons. The average molecular weight is 373 g/mol. The Kier molecular flexibility index (Phi) is 5.34. The zero-order valence-corrected chi connectivity index (χ0v) is 12.8. The summed E-state index contributed by atoms with van der Waals surface area (Å²) < 4.78 is 26.2. The van der Waals surface area contributed by atoms with Crippen molar-refractivity contribution >= 4 is 43.5 Å². The molecular weight excluding hydrogens is 362 g/mol. The van der Waals surface area contributed by atoms with Gasteiger partial charge in [0.05, 0.1) is 16.0 Å². The van der Waals surface area contributed by atoms with Gasteiger partial charge in [-0.25, -0.2) is 8.42 Å². The molecule has 0 amide bonds. The van der Waals surface area contributed by atoms with Crippen molar-refractivity contribution in [3.05, 3.63) is 27.7 Å². The van der Waals surface area contributed by atoms with Crippen LogP contribution in [-0.2, 0) is 14.8 Å². The lowest BCUT2D eigenvalue weighted by atomic mass is 10.2. The largest absolute Gasteiger partial charge is 0.480 e. The summed E-state index contributed by atoms with van der Waals surface area (Å²) in [5, 5.41) is 18.4. The average Bonchev–Trinajstić information content (AvgIpc) is 2.28. The Bertz CT molecular complexity index is 590. The third-order valence-electron chi connectivity index (χ3n) is 2.23. The van der Waals surface area contributed by atoms with Crippen LogP contribution in [0, 0.1) is 0 Å². The minimum absolute atomic E-state index is 0.157. The van der Waals surface area contributed by atoms with Crippen LogP contribution in [-0.4, -0.2) is 36.7 Å². The molecular formula is C10H11BrClNO5S. The number of aliphatic hydroxyl groups excluding tert-OH is 1. The van der Waals surface area contributed by atoms with Gasteiger partial charge < -0.3 is 10.2 Å². The van der Waals surface area contributed by atoms with Crippen molar-refractivity contribution in [1.29, 1.82) is 0 Å². The summed E-state index contributed by atoms with van der Waals surface area (Å²) in [7, 11) is -4.07. The molecule has 0 aliphatic heterocycles. The zero-order chi connectivity index (χ0) is 14.8. The molecule has 0 spiro atoms. The Labute approximate surface area is 123 Å². The van der Waals surface area contributed by atoms with Crippen LogP contribution < -0.4 is 4.72 Å². The number of aliphatic carboxylic acids is 1. The number of hydrogen-bond donors (Lipinski definition) is 3. The van der Waals surface area contributed by atoms with Crippen molar-refractivity contribution < 1.29 is 23.4 Å². The first-order chi connectivity index (χ1) is 8.65. The Morgan fingerprint density at radius 2 is 2.05 bits per heavy atom. The van der Waals surface area contributed by atoms with E-state index < -0.39 is 28.1 Å². The van der Waals surface area contributed by atoms with E-state index in [9.17, 15) is 18.3 Å². The van der Waals surface area contributed by atoms with Gasteiger partial charge in [-0.3, -0.25) is 4.79 Å². The molecule has 6 nitrogen and oxygen atoms in total. The molecule has 0 aromatic heterocycles. The molecule has 1 aromatic rings. The molecule has 0 saturated heterocycles. The van der Waals surface area contributed by atoms with E-state index in [1.54, 1.807) is 0 Å². The van der Waals surface area contributed by atoms with Crippen LogP contribution in [0.25, 0.3) is 0 Å². The minimum Gasteiger partial charge on any atom is -0.480 e. The van der Waals surface area contributed by atoms with Gasteiger partial charge in [0.25, 0.3) is 0 Å². The monoisotopic (exact) mass is 371 g/mol. The molecule has 0 saturated carbocycles. The Morgan fingerprint density at radius 1 is 1.47 bits per heavy atom. The van der Waals surface area contributed by atoms with Crippen molar-refractivity contribution in [1.82, 2.24) is 4.72 Å². The van der Waals surface area contributed by atoms with Crippen LogP contribution in [0.15, 0.2) is 27.6 Å². The number of rotatable bonds is 5. The molecule has 3 N–H and O–H groups in total. The lowest BCUT2D eigenvalue weighted by molar-refractivity contribution is -0.141. The van der Waals surface area contributed by atoms with E-state index in [1.807, 2.05) is 4.72 Å². The minimum atomic E-state index is -4.07. The van der Waals surface area contributed by atoms with Crippen molar-refractivity contribution in [2.24, 2.45) is 0 Å². The van der Waals surface area contributed by atoms with Crippen molar-refractivity contribution in [2.75, 3.05) is 0 Å². The molecule has 1 aromatic carbocycles. The van der Waals surface area contributed by atoms with Gasteiger partial charge in [-0.1, -0.05) is 11.6 Å². The summed E-state index contributed by atoms with van der Waals surface area (Å²) in [6.45, 7) is 1.18. The predicted octanol–water partition coefficient (Wildman–Crippen LogP) is 1.21. The van der Waals surface area contributed by atoms with Crippen molar-refractivity contribution in [3.8, 4) is 0 Å². The van der Waals surface area contributed by atoms with Crippen molar-refractivity contribution in [2.45, 2.75) is 24.0 Å². The highest BCUT2D eigenvalue weighted by molar-refractivity contribution is 9.10. The summed E-state index contributed by atoms with van der Waals surface area (Å²) >= 11 is 8.81. The number of halogens is 2. The SMILES string of the molecule is CC(O)C(NS(=O)(=O)c1ccc(Cl)c(Br)c1)C(=O)O. The molecule has 9 heteroatoms. The normalized spacial score (nSPS) is 14.9. The van der Waals surface area contributed by atoms with E-state index >= 15 is 0 Å². The number of benzene rings is 1. The number of hydrogen-bond acceptors (Lipinski definition) is 4. The van der Waals surface area contributed by atoms with Gasteiger partial charge in [-0.2, -0.15) is 4.72 Å². The maximum atomic E-state index is 12.0. The number of sulfonamides is 1. The highest BCUT2D eigenvalue weighted by atomic mass is 79.9. The first-order valence-electron chi connectivity index (χ1n) is 5.03. The summed E-state index contributed by atoms with van der Waals surface area (Å²) in [6, 6.07) is 2.21. The van der Waals surface area contributed by atoms with E-state index in [4.69, 9.17) is 16.7 Å². The molecule has 0 aliphatic carbocycles. The topological polar surface area (TPSA) is 104 Å². The fraction of sp³-hybridized carbons (Fsp3) is 0.300. The number of nitrogens with one attached hydrogen (secondary N) is 1. The molecule has 0 heterocycles. The van der Waals surface area contributed by atoms with Crippen LogP contribution in [0.4, 0.5) is 0 Å². The van der Waals surface area contributed by atoms with E-state index in [-0.39, 0.29) is 4.90 Å².